The van der Waals surface area contributed by atoms with Crippen LogP contribution < -0.4 is 10.2 Å². The standard InChI is InChI=1S/C21H23N5OS/c1-4-14-26-20(16-10-12-18(13-11-16)25(2)3)23-24-21(26)28-15-19(27)22-17-8-6-5-7-9-17/h4-13H,1,14-15H2,2-3H3,(H,22,27). The quantitative estimate of drug-likeness (QED) is 0.464. The molecule has 1 N–H and O–H groups in total. The molecule has 0 atom stereocenters. The molecule has 0 bridgehead atoms. The second-order valence-corrected chi connectivity index (χ2v) is 7.29. The van der Waals surface area contributed by atoms with Crippen molar-refractivity contribution < 1.29 is 4.79 Å². The van der Waals surface area contributed by atoms with Crippen molar-refractivity contribution in [3.05, 3.63) is 67.3 Å². The Balaban J connectivity index is 1.73. The van der Waals surface area contributed by atoms with Crippen LogP contribution in [0, 0.1) is 0 Å². The van der Waals surface area contributed by atoms with Crippen molar-refractivity contribution in [1.82, 2.24) is 14.8 Å². The number of nitrogens with one attached hydrogen (secondary N) is 1. The highest BCUT2D eigenvalue weighted by Gasteiger charge is 2.15. The van der Waals surface area contributed by atoms with Crippen molar-refractivity contribution in [3.63, 3.8) is 0 Å². The van der Waals surface area contributed by atoms with E-state index >= 15 is 0 Å². The highest BCUT2D eigenvalue weighted by Crippen LogP contribution is 2.26. The first kappa shape index (κ1) is 19.7. The molecule has 28 heavy (non-hydrogen) atoms. The minimum absolute atomic E-state index is 0.0822. The first-order valence-electron chi connectivity index (χ1n) is 8.88. The number of thioether (sulfide) groups is 1. The molecule has 0 aliphatic rings. The maximum Gasteiger partial charge on any atom is 0.234 e. The lowest BCUT2D eigenvalue weighted by Crippen LogP contribution is -2.14. The first-order chi connectivity index (χ1) is 13.6. The molecule has 0 unspecified atom stereocenters. The maximum absolute atomic E-state index is 12.2. The molecule has 3 aromatic rings. The van der Waals surface area contributed by atoms with E-state index in [-0.39, 0.29) is 11.7 Å². The SMILES string of the molecule is C=CCn1c(SCC(=O)Nc2ccccc2)nnc1-c1ccc(N(C)C)cc1. The monoisotopic (exact) mass is 393 g/mol. The van der Waals surface area contributed by atoms with Gasteiger partial charge in [-0.3, -0.25) is 9.36 Å². The number of para-hydroxylation sites is 1. The topological polar surface area (TPSA) is 63.1 Å². The van der Waals surface area contributed by atoms with E-state index in [1.54, 1.807) is 6.08 Å². The number of hydrogen-bond acceptors (Lipinski definition) is 5. The fourth-order valence-corrected chi connectivity index (χ4v) is 3.41. The van der Waals surface area contributed by atoms with E-state index in [0.717, 1.165) is 22.8 Å². The second kappa shape index (κ2) is 9.23. The summed E-state index contributed by atoms with van der Waals surface area (Å²) >= 11 is 1.36. The average molecular weight is 394 g/mol. The molecular formula is C21H23N5OS. The van der Waals surface area contributed by atoms with Crippen molar-refractivity contribution in [2.24, 2.45) is 0 Å². The molecule has 3 rings (SSSR count). The average Bonchev–Trinajstić information content (AvgIpc) is 3.10. The van der Waals surface area contributed by atoms with Gasteiger partial charge in [-0.15, -0.1) is 16.8 Å². The van der Waals surface area contributed by atoms with Crippen LogP contribution in [0.15, 0.2) is 72.4 Å². The van der Waals surface area contributed by atoms with E-state index in [0.29, 0.717) is 11.7 Å². The van der Waals surface area contributed by atoms with Gasteiger partial charge in [0, 0.05) is 37.6 Å². The van der Waals surface area contributed by atoms with Gasteiger partial charge >= 0.3 is 0 Å². The van der Waals surface area contributed by atoms with Gasteiger partial charge in [-0.05, 0) is 36.4 Å². The van der Waals surface area contributed by atoms with Gasteiger partial charge in [0.2, 0.25) is 5.91 Å². The van der Waals surface area contributed by atoms with E-state index in [2.05, 4.69) is 22.1 Å². The molecule has 144 valence electrons. The minimum Gasteiger partial charge on any atom is -0.378 e. The van der Waals surface area contributed by atoms with E-state index in [1.807, 2.05) is 78.2 Å². The molecule has 0 aliphatic heterocycles. The predicted octanol–water partition coefficient (Wildman–Crippen LogP) is 3.93. The Kier molecular flexibility index (Phi) is 6.49. The van der Waals surface area contributed by atoms with Crippen molar-refractivity contribution in [3.8, 4) is 11.4 Å². The third-order valence-electron chi connectivity index (χ3n) is 4.06. The van der Waals surface area contributed by atoms with Gasteiger partial charge in [0.15, 0.2) is 11.0 Å². The van der Waals surface area contributed by atoms with Gasteiger partial charge in [0.05, 0.1) is 5.75 Å². The molecule has 6 nitrogen and oxygen atoms in total. The largest absolute Gasteiger partial charge is 0.378 e. The zero-order valence-corrected chi connectivity index (χ0v) is 16.8. The first-order valence-corrected chi connectivity index (χ1v) is 9.86. The molecule has 0 spiro atoms. The zero-order valence-electron chi connectivity index (χ0n) is 16.0. The summed E-state index contributed by atoms with van der Waals surface area (Å²) in [5.74, 6) is 0.932. The number of carbonyl (C=O) groups excluding carboxylic acids is 1. The third kappa shape index (κ3) is 4.80. The Morgan fingerprint density at radius 2 is 1.86 bits per heavy atom. The number of hydrogen-bond donors (Lipinski definition) is 1. The smallest absolute Gasteiger partial charge is 0.234 e. The fraction of sp³-hybridized carbons (Fsp3) is 0.190. The van der Waals surface area contributed by atoms with Crippen molar-refractivity contribution in [1.29, 1.82) is 0 Å². The lowest BCUT2D eigenvalue weighted by molar-refractivity contribution is -0.113. The number of amides is 1. The van der Waals surface area contributed by atoms with Gasteiger partial charge in [0.1, 0.15) is 0 Å². The Labute approximate surface area is 169 Å². The molecule has 2 aromatic carbocycles. The molecule has 0 saturated heterocycles. The summed E-state index contributed by atoms with van der Waals surface area (Å²) in [4.78, 5) is 14.3. The zero-order chi connectivity index (χ0) is 19.9. The maximum atomic E-state index is 12.2. The fourth-order valence-electron chi connectivity index (χ4n) is 2.66. The summed E-state index contributed by atoms with van der Waals surface area (Å²) in [7, 11) is 4.01. The Morgan fingerprint density at radius 1 is 1.14 bits per heavy atom. The normalized spacial score (nSPS) is 10.5. The van der Waals surface area contributed by atoms with Gasteiger partial charge in [-0.2, -0.15) is 0 Å². The summed E-state index contributed by atoms with van der Waals surface area (Å²) < 4.78 is 1.97. The summed E-state index contributed by atoms with van der Waals surface area (Å²) in [6.07, 6.45) is 1.80. The summed E-state index contributed by atoms with van der Waals surface area (Å²) in [5.41, 5.74) is 2.87. The molecule has 0 radical (unpaired) electrons. The molecule has 7 heteroatoms. The van der Waals surface area contributed by atoms with Crippen molar-refractivity contribution in [2.75, 3.05) is 30.1 Å². The van der Waals surface area contributed by atoms with Crippen LogP contribution in [0.3, 0.4) is 0 Å². The van der Waals surface area contributed by atoms with Gasteiger partial charge < -0.3 is 10.2 Å². The van der Waals surface area contributed by atoms with E-state index in [9.17, 15) is 4.79 Å². The van der Waals surface area contributed by atoms with E-state index in [1.165, 1.54) is 11.8 Å². The number of nitrogens with zero attached hydrogens (tertiary/aromatic N) is 4. The number of benzene rings is 2. The van der Waals surface area contributed by atoms with E-state index < -0.39 is 0 Å². The molecule has 1 aromatic heterocycles. The summed E-state index contributed by atoms with van der Waals surface area (Å²) in [5, 5.41) is 12.2. The third-order valence-corrected chi connectivity index (χ3v) is 5.03. The summed E-state index contributed by atoms with van der Waals surface area (Å²) in [6.45, 7) is 4.40. The number of rotatable bonds is 8. The van der Waals surface area contributed by atoms with Crippen LogP contribution >= 0.6 is 11.8 Å². The van der Waals surface area contributed by atoms with Crippen LogP contribution in [0.25, 0.3) is 11.4 Å². The molecule has 0 saturated carbocycles. The molecule has 0 fully saturated rings. The number of aromatic nitrogens is 3. The van der Waals surface area contributed by atoms with Crippen LogP contribution in [0.5, 0.6) is 0 Å². The number of anilines is 2. The highest BCUT2D eigenvalue weighted by molar-refractivity contribution is 7.99. The predicted molar refractivity (Wildman–Crippen MR) is 116 cm³/mol. The number of allylic oxidation sites excluding steroid dienone is 1. The van der Waals surface area contributed by atoms with Crippen LogP contribution in [0.1, 0.15) is 0 Å². The van der Waals surface area contributed by atoms with Crippen LogP contribution in [0.2, 0.25) is 0 Å². The molecule has 0 aliphatic carbocycles. The van der Waals surface area contributed by atoms with Crippen molar-refractivity contribution in [2.45, 2.75) is 11.7 Å². The lowest BCUT2D eigenvalue weighted by Gasteiger charge is -2.13. The highest BCUT2D eigenvalue weighted by atomic mass is 32.2. The Hall–Kier alpha value is -3.06. The lowest BCUT2D eigenvalue weighted by atomic mass is 10.2. The van der Waals surface area contributed by atoms with Crippen LogP contribution in [0.4, 0.5) is 11.4 Å². The molecule has 1 amide bonds. The second-order valence-electron chi connectivity index (χ2n) is 6.35. The summed E-state index contributed by atoms with van der Waals surface area (Å²) in [6, 6.07) is 17.5. The van der Waals surface area contributed by atoms with Crippen LogP contribution in [-0.2, 0) is 11.3 Å². The van der Waals surface area contributed by atoms with Crippen LogP contribution in [-0.4, -0.2) is 40.5 Å². The van der Waals surface area contributed by atoms with Gasteiger partial charge in [-0.1, -0.05) is 36.0 Å². The Bertz CT molecular complexity index is 935. The van der Waals surface area contributed by atoms with E-state index in [4.69, 9.17) is 0 Å². The minimum atomic E-state index is -0.0822. The van der Waals surface area contributed by atoms with Gasteiger partial charge in [-0.25, -0.2) is 0 Å². The molecule has 1 heterocycles. The number of carbonyl (C=O) groups is 1. The van der Waals surface area contributed by atoms with Crippen molar-refractivity contribution >= 4 is 29.0 Å². The molecular weight excluding hydrogens is 370 g/mol. The Morgan fingerprint density at radius 3 is 2.50 bits per heavy atom. The van der Waals surface area contributed by atoms with Gasteiger partial charge in [0.25, 0.3) is 0 Å².